The molecular formula is C20H24N2O2. The van der Waals surface area contributed by atoms with Gasteiger partial charge in [0.1, 0.15) is 5.75 Å². The lowest BCUT2D eigenvalue weighted by Crippen LogP contribution is -2.40. The zero-order valence-corrected chi connectivity index (χ0v) is 14.2. The van der Waals surface area contributed by atoms with Gasteiger partial charge in [0.2, 0.25) is 0 Å². The molecule has 0 saturated carbocycles. The average Bonchev–Trinajstić information content (AvgIpc) is 3.03. The van der Waals surface area contributed by atoms with Gasteiger partial charge in [-0.2, -0.15) is 0 Å². The molecule has 2 aromatic rings. The number of fused-ring (bicyclic) bond motifs is 1. The molecule has 0 radical (unpaired) electrons. The van der Waals surface area contributed by atoms with E-state index in [-0.39, 0.29) is 11.9 Å². The number of rotatable bonds is 5. The second-order valence-corrected chi connectivity index (χ2v) is 6.59. The van der Waals surface area contributed by atoms with Crippen molar-refractivity contribution in [2.45, 2.75) is 38.3 Å². The Balaban J connectivity index is 1.53. The summed E-state index contributed by atoms with van der Waals surface area (Å²) in [7, 11) is 0. The Morgan fingerprint density at radius 1 is 1.17 bits per heavy atom. The molecule has 4 heteroatoms. The molecule has 0 saturated heterocycles. The molecule has 24 heavy (non-hydrogen) atoms. The number of nitrogens with two attached hydrogens (primary N) is 1. The average molecular weight is 324 g/mol. The molecule has 126 valence electrons. The first-order valence-electron chi connectivity index (χ1n) is 8.42. The van der Waals surface area contributed by atoms with E-state index in [1.54, 1.807) is 0 Å². The fourth-order valence-electron chi connectivity index (χ4n) is 2.90. The van der Waals surface area contributed by atoms with Gasteiger partial charge in [-0.05, 0) is 28.7 Å². The molecule has 0 bridgehead atoms. The van der Waals surface area contributed by atoms with Crippen LogP contribution in [0.15, 0.2) is 48.5 Å². The monoisotopic (exact) mass is 324 g/mol. The maximum atomic E-state index is 12.3. The minimum atomic E-state index is -0.460. The van der Waals surface area contributed by atoms with Gasteiger partial charge in [0.05, 0.1) is 0 Å². The summed E-state index contributed by atoms with van der Waals surface area (Å²) in [5, 5.41) is 2.91. The van der Waals surface area contributed by atoms with Gasteiger partial charge in [-0.1, -0.05) is 56.3 Å². The van der Waals surface area contributed by atoms with E-state index in [1.807, 2.05) is 36.4 Å². The van der Waals surface area contributed by atoms with Gasteiger partial charge in [0.15, 0.2) is 6.10 Å². The first-order valence-corrected chi connectivity index (χ1v) is 8.42. The molecule has 1 heterocycles. The Morgan fingerprint density at radius 2 is 1.83 bits per heavy atom. The van der Waals surface area contributed by atoms with Gasteiger partial charge < -0.3 is 15.8 Å². The molecule has 1 aliphatic rings. The fraction of sp³-hybridized carbons (Fsp3) is 0.350. The van der Waals surface area contributed by atoms with Crippen molar-refractivity contribution in [3.05, 3.63) is 65.2 Å². The molecule has 1 amide bonds. The van der Waals surface area contributed by atoms with Crippen LogP contribution in [0, 0.1) is 0 Å². The lowest BCUT2D eigenvalue weighted by molar-refractivity contribution is -0.127. The highest BCUT2D eigenvalue weighted by Gasteiger charge is 2.28. The first-order chi connectivity index (χ1) is 11.5. The topological polar surface area (TPSA) is 64.3 Å². The summed E-state index contributed by atoms with van der Waals surface area (Å²) in [5.74, 6) is 1.18. The summed E-state index contributed by atoms with van der Waals surface area (Å²) in [6, 6.07) is 15.8. The highest BCUT2D eigenvalue weighted by atomic mass is 16.5. The van der Waals surface area contributed by atoms with E-state index >= 15 is 0 Å². The third-order valence-electron chi connectivity index (χ3n) is 4.47. The normalized spacial score (nSPS) is 17.2. The lowest BCUT2D eigenvalue weighted by Gasteiger charge is -2.16. The van der Waals surface area contributed by atoms with Crippen LogP contribution in [0.1, 0.15) is 42.5 Å². The number of hydrogen-bond acceptors (Lipinski definition) is 3. The summed E-state index contributed by atoms with van der Waals surface area (Å²) in [5.41, 5.74) is 9.58. The van der Waals surface area contributed by atoms with Gasteiger partial charge in [0, 0.05) is 19.0 Å². The van der Waals surface area contributed by atoms with E-state index in [2.05, 4.69) is 31.3 Å². The van der Waals surface area contributed by atoms with Gasteiger partial charge in [-0.15, -0.1) is 0 Å². The van der Waals surface area contributed by atoms with Crippen LogP contribution < -0.4 is 15.8 Å². The van der Waals surface area contributed by atoms with E-state index in [0.717, 1.165) is 16.9 Å². The maximum Gasteiger partial charge on any atom is 0.261 e. The molecule has 0 aliphatic carbocycles. The summed E-state index contributed by atoms with van der Waals surface area (Å²) < 4.78 is 5.70. The zero-order valence-electron chi connectivity index (χ0n) is 14.2. The maximum absolute atomic E-state index is 12.3. The largest absolute Gasteiger partial charge is 0.480 e. The van der Waals surface area contributed by atoms with Crippen LogP contribution in [-0.4, -0.2) is 18.6 Å². The van der Waals surface area contributed by atoms with Crippen LogP contribution in [0.5, 0.6) is 5.75 Å². The van der Waals surface area contributed by atoms with Gasteiger partial charge in [-0.3, -0.25) is 4.79 Å². The Labute approximate surface area is 143 Å². The number of nitrogens with one attached hydrogen (secondary N) is 1. The molecule has 0 fully saturated rings. The highest BCUT2D eigenvalue weighted by Crippen LogP contribution is 2.28. The smallest absolute Gasteiger partial charge is 0.261 e. The molecule has 0 spiro atoms. The molecule has 3 N–H and O–H groups in total. The van der Waals surface area contributed by atoms with Crippen LogP contribution >= 0.6 is 0 Å². The highest BCUT2D eigenvalue weighted by molar-refractivity contribution is 5.82. The Bertz CT molecular complexity index is 685. The molecule has 3 rings (SSSR count). The number of amides is 1. The quantitative estimate of drug-likeness (QED) is 0.889. The van der Waals surface area contributed by atoms with Crippen molar-refractivity contribution in [3.8, 4) is 5.75 Å². The Hall–Kier alpha value is -2.33. The fourth-order valence-corrected chi connectivity index (χ4v) is 2.90. The van der Waals surface area contributed by atoms with Crippen molar-refractivity contribution in [1.29, 1.82) is 0 Å². The van der Waals surface area contributed by atoms with Crippen LogP contribution in [0.3, 0.4) is 0 Å². The lowest BCUT2D eigenvalue weighted by atomic mass is 9.99. The molecule has 4 nitrogen and oxygen atoms in total. The van der Waals surface area contributed by atoms with Crippen molar-refractivity contribution in [2.24, 2.45) is 5.73 Å². The molecule has 1 aliphatic heterocycles. The van der Waals surface area contributed by atoms with E-state index in [9.17, 15) is 4.79 Å². The van der Waals surface area contributed by atoms with E-state index in [1.165, 1.54) is 5.56 Å². The van der Waals surface area contributed by atoms with Crippen molar-refractivity contribution in [2.75, 3.05) is 6.54 Å². The second kappa shape index (κ2) is 7.05. The van der Waals surface area contributed by atoms with Gasteiger partial charge in [-0.25, -0.2) is 0 Å². The predicted octanol–water partition coefficient (Wildman–Crippen LogP) is 2.93. The van der Waals surface area contributed by atoms with Gasteiger partial charge in [0.25, 0.3) is 5.91 Å². The van der Waals surface area contributed by atoms with Gasteiger partial charge >= 0.3 is 0 Å². The molecule has 2 aromatic carbocycles. The molecule has 0 aromatic heterocycles. The van der Waals surface area contributed by atoms with Crippen molar-refractivity contribution in [1.82, 2.24) is 5.32 Å². The summed E-state index contributed by atoms with van der Waals surface area (Å²) >= 11 is 0. The van der Waals surface area contributed by atoms with E-state index in [0.29, 0.717) is 18.9 Å². The third kappa shape index (κ3) is 3.60. The summed E-state index contributed by atoms with van der Waals surface area (Å²) in [4.78, 5) is 12.3. The number of benzene rings is 2. The predicted molar refractivity (Wildman–Crippen MR) is 95.0 cm³/mol. The SMILES string of the molecule is CC(C)c1ccc(C(N)CNC(=O)C2Cc3ccccc3O2)cc1. The van der Waals surface area contributed by atoms with Crippen LogP contribution in [-0.2, 0) is 11.2 Å². The molecule has 2 atom stereocenters. The minimum Gasteiger partial charge on any atom is -0.480 e. The van der Waals surface area contributed by atoms with E-state index < -0.39 is 6.10 Å². The number of hydrogen-bond donors (Lipinski definition) is 2. The zero-order chi connectivity index (χ0) is 17.1. The number of para-hydroxylation sites is 1. The van der Waals surface area contributed by atoms with Crippen molar-refractivity contribution < 1.29 is 9.53 Å². The summed E-state index contributed by atoms with van der Waals surface area (Å²) in [6.07, 6.45) is 0.151. The Kier molecular flexibility index (Phi) is 4.86. The summed E-state index contributed by atoms with van der Waals surface area (Å²) in [6.45, 7) is 4.72. The van der Waals surface area contributed by atoms with E-state index in [4.69, 9.17) is 10.5 Å². The first kappa shape index (κ1) is 16.5. The number of carbonyl (C=O) groups excluding carboxylic acids is 1. The van der Waals surface area contributed by atoms with Crippen molar-refractivity contribution in [3.63, 3.8) is 0 Å². The third-order valence-corrected chi connectivity index (χ3v) is 4.47. The molecule has 2 unspecified atom stereocenters. The number of carbonyl (C=O) groups is 1. The molecular weight excluding hydrogens is 300 g/mol. The Morgan fingerprint density at radius 3 is 2.50 bits per heavy atom. The minimum absolute atomic E-state index is 0.111. The van der Waals surface area contributed by atoms with Crippen LogP contribution in [0.2, 0.25) is 0 Å². The van der Waals surface area contributed by atoms with Crippen LogP contribution in [0.25, 0.3) is 0 Å². The standard InChI is InChI=1S/C20H24N2O2/c1-13(2)14-7-9-15(10-8-14)17(21)12-22-20(23)19-11-16-5-3-4-6-18(16)24-19/h3-10,13,17,19H,11-12,21H2,1-2H3,(H,22,23). The van der Waals surface area contributed by atoms with Crippen LogP contribution in [0.4, 0.5) is 0 Å². The second-order valence-electron chi connectivity index (χ2n) is 6.59. The number of ether oxygens (including phenoxy) is 1. The van der Waals surface area contributed by atoms with Crippen molar-refractivity contribution >= 4 is 5.91 Å².